The third-order valence-electron chi connectivity index (χ3n) is 3.24. The van der Waals surface area contributed by atoms with E-state index in [1.807, 2.05) is 38.1 Å². The Labute approximate surface area is 129 Å². The van der Waals surface area contributed by atoms with E-state index in [9.17, 15) is 4.79 Å². The highest BCUT2D eigenvalue weighted by atomic mass is 16.5. The maximum absolute atomic E-state index is 11.8. The first-order valence-electron chi connectivity index (χ1n) is 7.27. The van der Waals surface area contributed by atoms with Crippen LogP contribution in [0.5, 0.6) is 0 Å². The van der Waals surface area contributed by atoms with Crippen molar-refractivity contribution in [2.24, 2.45) is 0 Å². The van der Waals surface area contributed by atoms with Gasteiger partial charge in [0.15, 0.2) is 0 Å². The number of carbonyl (C=O) groups is 1. The molecule has 6 nitrogen and oxygen atoms in total. The Morgan fingerprint density at radius 3 is 2.91 bits per heavy atom. The Balaban J connectivity index is 1.90. The van der Waals surface area contributed by atoms with Gasteiger partial charge in [0.05, 0.1) is 6.61 Å². The van der Waals surface area contributed by atoms with Crippen molar-refractivity contribution >= 4 is 5.91 Å². The first-order valence-corrected chi connectivity index (χ1v) is 7.27. The fourth-order valence-corrected chi connectivity index (χ4v) is 2.15. The number of hydrogen-bond acceptors (Lipinski definition) is 5. The monoisotopic (exact) mass is 303 g/mol. The summed E-state index contributed by atoms with van der Waals surface area (Å²) in [5.74, 6) is 0.967. The minimum Gasteiger partial charge on any atom is -0.383 e. The van der Waals surface area contributed by atoms with Gasteiger partial charge in [0.1, 0.15) is 0 Å². The van der Waals surface area contributed by atoms with Crippen molar-refractivity contribution in [3.63, 3.8) is 0 Å². The van der Waals surface area contributed by atoms with Crippen LogP contribution in [0, 0.1) is 6.92 Å². The zero-order chi connectivity index (χ0) is 15.9. The minimum absolute atomic E-state index is 0.0114. The molecule has 1 amide bonds. The molecule has 1 aromatic heterocycles. The van der Waals surface area contributed by atoms with Crippen molar-refractivity contribution < 1.29 is 14.1 Å². The predicted molar refractivity (Wildman–Crippen MR) is 82.3 cm³/mol. The summed E-state index contributed by atoms with van der Waals surface area (Å²) in [5, 5.41) is 6.82. The number of amides is 1. The molecule has 118 valence electrons. The van der Waals surface area contributed by atoms with Crippen molar-refractivity contribution in [2.45, 2.75) is 32.7 Å². The van der Waals surface area contributed by atoms with Crippen LogP contribution in [0.25, 0.3) is 11.4 Å². The lowest BCUT2D eigenvalue weighted by Gasteiger charge is -2.11. The molecule has 0 unspecified atom stereocenters. The van der Waals surface area contributed by atoms with Gasteiger partial charge in [-0.15, -0.1) is 0 Å². The van der Waals surface area contributed by atoms with Crippen LogP contribution in [0.2, 0.25) is 0 Å². The largest absolute Gasteiger partial charge is 0.383 e. The van der Waals surface area contributed by atoms with Crippen molar-refractivity contribution in [3.8, 4) is 11.4 Å². The van der Waals surface area contributed by atoms with E-state index in [-0.39, 0.29) is 11.9 Å². The Morgan fingerprint density at radius 1 is 1.41 bits per heavy atom. The number of aryl methyl sites for hydroxylation is 2. The van der Waals surface area contributed by atoms with E-state index in [1.165, 1.54) is 0 Å². The zero-order valence-corrected chi connectivity index (χ0v) is 13.1. The molecule has 0 bridgehead atoms. The predicted octanol–water partition coefficient (Wildman–Crippen LogP) is 2.13. The molecule has 1 N–H and O–H groups in total. The summed E-state index contributed by atoms with van der Waals surface area (Å²) in [6.07, 6.45) is 0.730. The van der Waals surface area contributed by atoms with E-state index in [0.29, 0.717) is 31.2 Å². The number of rotatable bonds is 7. The summed E-state index contributed by atoms with van der Waals surface area (Å²) in [6, 6.07) is 7.83. The summed E-state index contributed by atoms with van der Waals surface area (Å²) in [7, 11) is 1.61. The van der Waals surface area contributed by atoms with Gasteiger partial charge in [-0.1, -0.05) is 29.4 Å². The topological polar surface area (TPSA) is 77.2 Å². The van der Waals surface area contributed by atoms with Crippen LogP contribution >= 0.6 is 0 Å². The van der Waals surface area contributed by atoms with Gasteiger partial charge in [-0.25, -0.2) is 0 Å². The minimum atomic E-state index is -0.0554. The fraction of sp³-hybridized carbons (Fsp3) is 0.438. The number of aromatic nitrogens is 2. The van der Waals surface area contributed by atoms with Crippen LogP contribution in [0.1, 0.15) is 24.8 Å². The number of methoxy groups -OCH3 is 1. The summed E-state index contributed by atoms with van der Waals surface area (Å²) in [4.78, 5) is 16.1. The van der Waals surface area contributed by atoms with Gasteiger partial charge in [-0.05, 0) is 19.4 Å². The molecule has 0 saturated heterocycles. The Kier molecular flexibility index (Phi) is 5.66. The van der Waals surface area contributed by atoms with Crippen molar-refractivity contribution in [1.82, 2.24) is 15.5 Å². The van der Waals surface area contributed by atoms with Crippen LogP contribution in [0.4, 0.5) is 0 Å². The average molecular weight is 303 g/mol. The van der Waals surface area contributed by atoms with E-state index in [4.69, 9.17) is 9.26 Å². The molecule has 22 heavy (non-hydrogen) atoms. The summed E-state index contributed by atoms with van der Waals surface area (Å²) >= 11 is 0. The molecule has 0 aliphatic carbocycles. The number of nitrogens with zero attached hydrogens (tertiary/aromatic N) is 2. The fourth-order valence-electron chi connectivity index (χ4n) is 2.15. The highest BCUT2D eigenvalue weighted by molar-refractivity contribution is 5.76. The number of benzene rings is 1. The second-order valence-electron chi connectivity index (χ2n) is 5.25. The first kappa shape index (κ1) is 16.2. The van der Waals surface area contributed by atoms with Gasteiger partial charge < -0.3 is 14.6 Å². The lowest BCUT2D eigenvalue weighted by atomic mass is 10.1. The molecule has 1 atom stereocenters. The molecule has 0 radical (unpaired) electrons. The van der Waals surface area contributed by atoms with Crippen LogP contribution in [0.3, 0.4) is 0 Å². The lowest BCUT2D eigenvalue weighted by molar-refractivity contribution is -0.122. The van der Waals surface area contributed by atoms with Gasteiger partial charge in [0.25, 0.3) is 0 Å². The summed E-state index contributed by atoms with van der Waals surface area (Å²) in [6.45, 7) is 4.38. The van der Waals surface area contributed by atoms with E-state index in [0.717, 1.165) is 11.1 Å². The lowest BCUT2D eigenvalue weighted by Crippen LogP contribution is -2.35. The maximum Gasteiger partial charge on any atom is 0.227 e. The normalized spacial score (nSPS) is 12.1. The summed E-state index contributed by atoms with van der Waals surface area (Å²) < 4.78 is 10.2. The molecular formula is C16H21N3O3. The van der Waals surface area contributed by atoms with Crippen LogP contribution in [0.15, 0.2) is 28.8 Å². The molecule has 0 aliphatic heterocycles. The molecule has 0 fully saturated rings. The SMILES string of the molecule is COC[C@H](C)NC(=O)CCc1nc(-c2ccccc2C)no1. The van der Waals surface area contributed by atoms with Crippen LogP contribution in [-0.2, 0) is 16.0 Å². The molecule has 0 saturated carbocycles. The molecular weight excluding hydrogens is 282 g/mol. The highest BCUT2D eigenvalue weighted by Gasteiger charge is 2.13. The third kappa shape index (κ3) is 4.39. The number of ether oxygens (including phenoxy) is 1. The molecule has 0 aliphatic rings. The van der Waals surface area contributed by atoms with E-state index < -0.39 is 0 Å². The van der Waals surface area contributed by atoms with Gasteiger partial charge in [0, 0.05) is 31.6 Å². The molecule has 2 rings (SSSR count). The zero-order valence-electron chi connectivity index (χ0n) is 13.1. The third-order valence-corrected chi connectivity index (χ3v) is 3.24. The number of hydrogen-bond donors (Lipinski definition) is 1. The molecule has 1 heterocycles. The Hall–Kier alpha value is -2.21. The second kappa shape index (κ2) is 7.70. The Morgan fingerprint density at radius 2 is 2.18 bits per heavy atom. The van der Waals surface area contributed by atoms with Gasteiger partial charge >= 0.3 is 0 Å². The average Bonchev–Trinajstić information content (AvgIpc) is 2.94. The smallest absolute Gasteiger partial charge is 0.227 e. The quantitative estimate of drug-likeness (QED) is 0.848. The second-order valence-corrected chi connectivity index (χ2v) is 5.25. The van der Waals surface area contributed by atoms with Gasteiger partial charge in [-0.2, -0.15) is 4.98 Å². The van der Waals surface area contributed by atoms with Gasteiger partial charge in [-0.3, -0.25) is 4.79 Å². The number of nitrogens with one attached hydrogen (secondary N) is 1. The molecule has 6 heteroatoms. The molecule has 0 spiro atoms. The van der Waals surface area contributed by atoms with Gasteiger partial charge in [0.2, 0.25) is 17.6 Å². The first-order chi connectivity index (χ1) is 10.6. The van der Waals surface area contributed by atoms with E-state index in [2.05, 4.69) is 15.5 Å². The van der Waals surface area contributed by atoms with Crippen molar-refractivity contribution in [3.05, 3.63) is 35.7 Å². The Bertz CT molecular complexity index is 625. The highest BCUT2D eigenvalue weighted by Crippen LogP contribution is 2.20. The standard InChI is InChI=1S/C16H21N3O3/c1-11-6-4-5-7-13(11)16-18-15(22-19-16)9-8-14(20)17-12(2)10-21-3/h4-7,12H,8-10H2,1-3H3,(H,17,20)/t12-/m0/s1. The maximum atomic E-state index is 11.8. The van der Waals surface area contributed by atoms with Crippen molar-refractivity contribution in [2.75, 3.05) is 13.7 Å². The molecule has 2 aromatic rings. The van der Waals surface area contributed by atoms with Crippen molar-refractivity contribution in [1.29, 1.82) is 0 Å². The van der Waals surface area contributed by atoms with Crippen LogP contribution in [-0.4, -0.2) is 35.8 Å². The van der Waals surface area contributed by atoms with Crippen LogP contribution < -0.4 is 5.32 Å². The number of carbonyl (C=O) groups excluding carboxylic acids is 1. The summed E-state index contributed by atoms with van der Waals surface area (Å²) in [5.41, 5.74) is 2.02. The molecule has 1 aromatic carbocycles. The van der Waals surface area contributed by atoms with E-state index >= 15 is 0 Å². The van der Waals surface area contributed by atoms with E-state index in [1.54, 1.807) is 7.11 Å².